The maximum Gasteiger partial charge on any atom is 0.331 e. The van der Waals surface area contributed by atoms with Gasteiger partial charge in [-0.25, -0.2) is 4.79 Å². The summed E-state index contributed by atoms with van der Waals surface area (Å²) in [5.74, 6) is 2.04. The minimum atomic E-state index is -0.528. The normalized spacial score (nSPS) is 17.9. The zero-order chi connectivity index (χ0) is 25.4. The summed E-state index contributed by atoms with van der Waals surface area (Å²) < 4.78 is 27.8. The number of hydrogen-bond acceptors (Lipinski definition) is 6. The highest BCUT2D eigenvalue weighted by Crippen LogP contribution is 2.47. The van der Waals surface area contributed by atoms with Gasteiger partial charge < -0.3 is 23.5 Å². The molecule has 4 heterocycles. The van der Waals surface area contributed by atoms with Crippen molar-refractivity contribution in [1.29, 1.82) is 0 Å². The molecule has 0 bridgehead atoms. The average molecular weight is 490 g/mol. The third-order valence-electron chi connectivity index (χ3n) is 7.13. The summed E-state index contributed by atoms with van der Waals surface area (Å²) in [5.41, 5.74) is 2.52. The van der Waals surface area contributed by atoms with Crippen LogP contribution >= 0.6 is 0 Å². The van der Waals surface area contributed by atoms with Gasteiger partial charge in [-0.05, 0) is 61.4 Å². The molecule has 0 spiro atoms. The van der Waals surface area contributed by atoms with Gasteiger partial charge in [-0.1, -0.05) is 6.07 Å². The molecule has 0 N–H and O–H groups in total. The van der Waals surface area contributed by atoms with Gasteiger partial charge in [-0.3, -0.25) is 13.9 Å². The topological polar surface area (TPSA) is 85.9 Å². The lowest BCUT2D eigenvalue weighted by molar-refractivity contribution is -0.00713. The highest BCUT2D eigenvalue weighted by Gasteiger charge is 2.41. The van der Waals surface area contributed by atoms with Crippen molar-refractivity contribution in [3.63, 3.8) is 0 Å². The highest BCUT2D eigenvalue weighted by atomic mass is 16.7. The molecule has 2 aromatic heterocycles. The molecule has 0 saturated carbocycles. The van der Waals surface area contributed by atoms with Gasteiger partial charge in [-0.2, -0.15) is 0 Å². The van der Waals surface area contributed by atoms with Gasteiger partial charge in [0.2, 0.25) is 6.79 Å². The van der Waals surface area contributed by atoms with Crippen molar-refractivity contribution in [3.05, 3.63) is 74.6 Å². The van der Waals surface area contributed by atoms with Crippen LogP contribution in [0.3, 0.4) is 0 Å². The van der Waals surface area contributed by atoms with E-state index < -0.39 is 17.3 Å². The molecule has 2 aliphatic heterocycles. The molecule has 9 nitrogen and oxygen atoms in total. The van der Waals surface area contributed by atoms with E-state index in [1.807, 2.05) is 42.5 Å². The second-order valence-electron chi connectivity index (χ2n) is 9.84. The summed E-state index contributed by atoms with van der Waals surface area (Å²) in [4.78, 5) is 26.8. The lowest BCUT2D eigenvalue weighted by atomic mass is 9.97. The molecule has 4 aromatic rings. The van der Waals surface area contributed by atoms with E-state index in [9.17, 15) is 9.59 Å². The van der Waals surface area contributed by atoms with Gasteiger partial charge in [0.25, 0.3) is 5.56 Å². The van der Waals surface area contributed by atoms with Crippen LogP contribution in [0.4, 0.5) is 0 Å². The fourth-order valence-corrected chi connectivity index (χ4v) is 5.35. The molecule has 6 rings (SSSR count). The van der Waals surface area contributed by atoms with Gasteiger partial charge in [0.15, 0.2) is 11.5 Å². The molecule has 0 radical (unpaired) electrons. The molecule has 2 aliphatic rings. The van der Waals surface area contributed by atoms with Gasteiger partial charge in [-0.15, -0.1) is 0 Å². The zero-order valence-corrected chi connectivity index (χ0v) is 20.8. The number of methoxy groups -OCH3 is 1. The second-order valence-corrected chi connectivity index (χ2v) is 9.84. The molecule has 0 saturated heterocycles. The third kappa shape index (κ3) is 3.05. The fourth-order valence-electron chi connectivity index (χ4n) is 5.35. The maximum absolute atomic E-state index is 13.7. The smallest absolute Gasteiger partial charge is 0.331 e. The minimum Gasteiger partial charge on any atom is -0.497 e. The molecular formula is C27H27N3O6. The highest BCUT2D eigenvalue weighted by molar-refractivity contribution is 5.97. The Morgan fingerprint density at radius 2 is 1.69 bits per heavy atom. The van der Waals surface area contributed by atoms with E-state index in [2.05, 4.69) is 18.4 Å². The van der Waals surface area contributed by atoms with Gasteiger partial charge in [0, 0.05) is 14.1 Å². The van der Waals surface area contributed by atoms with Crippen molar-refractivity contribution < 1.29 is 18.9 Å². The van der Waals surface area contributed by atoms with Crippen LogP contribution in [0.1, 0.15) is 31.2 Å². The van der Waals surface area contributed by atoms with Gasteiger partial charge in [0.1, 0.15) is 11.9 Å². The number of ether oxygens (including phenoxy) is 4. The SMILES string of the molecule is COc1ccc(-c2c3c(=O)n(C)c(=O)n(C)c3c3n2C(C)(C)CO[C@H]3c2ccc3c(c2)OCO3)cc1. The number of rotatable bonds is 3. The van der Waals surface area contributed by atoms with Crippen LogP contribution in [0.2, 0.25) is 0 Å². The summed E-state index contributed by atoms with van der Waals surface area (Å²) in [7, 11) is 4.82. The Morgan fingerprint density at radius 3 is 2.42 bits per heavy atom. The van der Waals surface area contributed by atoms with E-state index in [1.165, 1.54) is 7.05 Å². The predicted molar refractivity (Wildman–Crippen MR) is 134 cm³/mol. The van der Waals surface area contributed by atoms with Crippen molar-refractivity contribution in [2.45, 2.75) is 25.5 Å². The number of aryl methyl sites for hydroxylation is 1. The van der Waals surface area contributed by atoms with E-state index in [1.54, 1.807) is 18.7 Å². The Bertz CT molecular complexity index is 1640. The summed E-state index contributed by atoms with van der Waals surface area (Å²) in [5, 5.41) is 0.476. The lowest BCUT2D eigenvalue weighted by Gasteiger charge is -2.39. The summed E-state index contributed by atoms with van der Waals surface area (Å²) >= 11 is 0. The zero-order valence-electron chi connectivity index (χ0n) is 20.8. The summed E-state index contributed by atoms with van der Waals surface area (Å²) in [6.07, 6.45) is -0.528. The van der Waals surface area contributed by atoms with Crippen molar-refractivity contribution in [1.82, 2.24) is 13.7 Å². The van der Waals surface area contributed by atoms with Gasteiger partial charge >= 0.3 is 5.69 Å². The van der Waals surface area contributed by atoms with Crippen molar-refractivity contribution in [3.8, 4) is 28.5 Å². The number of aromatic nitrogens is 3. The Kier molecular flexibility index (Phi) is 4.85. The summed E-state index contributed by atoms with van der Waals surface area (Å²) in [6, 6.07) is 13.3. The van der Waals surface area contributed by atoms with Crippen LogP contribution < -0.4 is 25.5 Å². The Morgan fingerprint density at radius 1 is 0.972 bits per heavy atom. The van der Waals surface area contributed by atoms with Crippen LogP contribution in [0.5, 0.6) is 17.2 Å². The molecule has 9 heteroatoms. The predicted octanol–water partition coefficient (Wildman–Crippen LogP) is 3.30. The first-order chi connectivity index (χ1) is 17.2. The van der Waals surface area contributed by atoms with E-state index >= 15 is 0 Å². The Hall–Kier alpha value is -3.98. The fraction of sp³-hybridized carbons (Fsp3) is 0.333. The van der Waals surface area contributed by atoms with Crippen LogP contribution in [0.15, 0.2) is 52.1 Å². The Labute approximate surface area is 207 Å². The molecule has 0 fully saturated rings. The maximum atomic E-state index is 13.7. The second kappa shape index (κ2) is 7.76. The standard InChI is InChI=1S/C27H27N3O6/c1-27(2)13-34-24(16-8-11-18-19(12-16)36-14-35-18)23-22-20(25(31)29(4)26(32)28(22)3)21(30(23)27)15-6-9-17(33-5)10-7-15/h6-12,24H,13-14H2,1-5H3/t24-/m0/s1. The van der Waals surface area contributed by atoms with Crippen LogP contribution in [0, 0.1) is 0 Å². The largest absolute Gasteiger partial charge is 0.497 e. The molecule has 0 unspecified atom stereocenters. The summed E-state index contributed by atoms with van der Waals surface area (Å²) in [6.45, 7) is 4.71. The molecule has 1 atom stereocenters. The quantitative estimate of drug-likeness (QED) is 0.439. The average Bonchev–Trinajstić information content (AvgIpc) is 3.49. The number of benzene rings is 2. The third-order valence-corrected chi connectivity index (χ3v) is 7.13. The number of nitrogens with zero attached hydrogens (tertiary/aromatic N) is 3. The minimum absolute atomic E-state index is 0.169. The molecular weight excluding hydrogens is 462 g/mol. The van der Waals surface area contributed by atoms with Crippen molar-refractivity contribution in [2.75, 3.05) is 20.5 Å². The van der Waals surface area contributed by atoms with Crippen molar-refractivity contribution in [2.24, 2.45) is 14.1 Å². The molecule has 36 heavy (non-hydrogen) atoms. The monoisotopic (exact) mass is 489 g/mol. The lowest BCUT2D eigenvalue weighted by Crippen LogP contribution is -2.40. The molecule has 0 aliphatic carbocycles. The van der Waals surface area contributed by atoms with Crippen LogP contribution in [0.25, 0.3) is 22.2 Å². The van der Waals surface area contributed by atoms with Crippen LogP contribution in [-0.4, -0.2) is 34.2 Å². The Balaban J connectivity index is 1.74. The van der Waals surface area contributed by atoms with E-state index in [4.69, 9.17) is 18.9 Å². The number of hydrogen-bond donors (Lipinski definition) is 0. The van der Waals surface area contributed by atoms with E-state index in [-0.39, 0.29) is 12.4 Å². The van der Waals surface area contributed by atoms with Crippen molar-refractivity contribution >= 4 is 10.9 Å². The van der Waals surface area contributed by atoms with E-state index in [0.717, 1.165) is 32.8 Å². The molecule has 0 amide bonds. The molecule has 2 aromatic carbocycles. The van der Waals surface area contributed by atoms with Crippen LogP contribution in [-0.2, 0) is 24.4 Å². The number of fused-ring (bicyclic) bond motifs is 4. The molecule has 186 valence electrons. The van der Waals surface area contributed by atoms with E-state index in [0.29, 0.717) is 29.0 Å². The van der Waals surface area contributed by atoms with Gasteiger partial charge in [0.05, 0.1) is 41.5 Å². The first-order valence-electron chi connectivity index (χ1n) is 11.7. The first-order valence-corrected chi connectivity index (χ1v) is 11.7. The first kappa shape index (κ1) is 22.5.